The van der Waals surface area contributed by atoms with Gasteiger partial charge in [0.2, 0.25) is 5.91 Å². The maximum Gasteiger partial charge on any atom is 0.243 e. The number of hydroxylamine groups is 1. The summed E-state index contributed by atoms with van der Waals surface area (Å²) in [7, 11) is 2.97. The molecule has 0 unspecified atom stereocenters. The van der Waals surface area contributed by atoms with Crippen LogP contribution in [0.3, 0.4) is 0 Å². The Balaban J connectivity index is 2.55. The van der Waals surface area contributed by atoms with E-state index in [9.17, 15) is 4.79 Å². The third kappa shape index (κ3) is 3.72. The topological polar surface area (TPSA) is 47.6 Å². The molecule has 0 aromatic heterocycles. The van der Waals surface area contributed by atoms with Crippen molar-refractivity contribution in [2.45, 2.75) is 12.8 Å². The van der Waals surface area contributed by atoms with E-state index in [1.165, 1.54) is 7.11 Å². The number of benzene rings is 1. The van der Waals surface area contributed by atoms with Gasteiger partial charge < -0.3 is 4.74 Å². The van der Waals surface area contributed by atoms with Gasteiger partial charge in [0.25, 0.3) is 0 Å². The highest BCUT2D eigenvalue weighted by Crippen LogP contribution is 2.25. The monoisotopic (exact) mass is 243 g/mol. The van der Waals surface area contributed by atoms with E-state index in [-0.39, 0.29) is 5.91 Å². The van der Waals surface area contributed by atoms with Crippen LogP contribution in [-0.2, 0) is 16.1 Å². The number of carbonyl (C=O) groups is 1. The molecular formula is C11H14ClNO3. The number of amides is 1. The van der Waals surface area contributed by atoms with E-state index in [4.69, 9.17) is 16.3 Å². The lowest BCUT2D eigenvalue weighted by atomic mass is 10.1. The smallest absolute Gasteiger partial charge is 0.243 e. The van der Waals surface area contributed by atoms with Crippen LogP contribution in [0.5, 0.6) is 5.75 Å². The maximum atomic E-state index is 11.1. The van der Waals surface area contributed by atoms with Crippen LogP contribution in [0.15, 0.2) is 18.2 Å². The minimum absolute atomic E-state index is 0.158. The average Bonchev–Trinajstić information content (AvgIpc) is 2.27. The first-order chi connectivity index (χ1) is 7.67. The number of ether oxygens (including phenoxy) is 1. The van der Waals surface area contributed by atoms with E-state index in [0.29, 0.717) is 23.6 Å². The second-order valence-electron chi connectivity index (χ2n) is 3.20. The highest BCUT2D eigenvalue weighted by molar-refractivity contribution is 6.32. The van der Waals surface area contributed by atoms with Crippen molar-refractivity contribution in [3.8, 4) is 5.75 Å². The molecule has 1 amide bonds. The number of aryl methyl sites for hydroxylation is 1. The summed E-state index contributed by atoms with van der Waals surface area (Å²) in [6.07, 6.45) is 0.968. The Morgan fingerprint density at radius 1 is 1.44 bits per heavy atom. The molecule has 88 valence electrons. The molecule has 0 aliphatic carbocycles. The number of hydrogen-bond donors (Lipinski definition) is 1. The number of rotatable bonds is 5. The van der Waals surface area contributed by atoms with Gasteiger partial charge in [-0.15, -0.1) is 0 Å². The molecule has 1 N–H and O–H groups in total. The van der Waals surface area contributed by atoms with Crippen molar-refractivity contribution in [2.24, 2.45) is 0 Å². The van der Waals surface area contributed by atoms with E-state index in [1.807, 2.05) is 6.07 Å². The van der Waals surface area contributed by atoms with E-state index in [0.717, 1.165) is 5.56 Å². The van der Waals surface area contributed by atoms with Crippen molar-refractivity contribution >= 4 is 17.5 Å². The normalized spacial score (nSPS) is 9.94. The van der Waals surface area contributed by atoms with E-state index < -0.39 is 0 Å². The molecule has 0 bridgehead atoms. The third-order valence-electron chi connectivity index (χ3n) is 2.07. The molecule has 0 saturated carbocycles. The van der Waals surface area contributed by atoms with Crippen LogP contribution < -0.4 is 10.2 Å². The quantitative estimate of drug-likeness (QED) is 0.805. The second-order valence-corrected chi connectivity index (χ2v) is 3.61. The summed E-state index contributed by atoms with van der Waals surface area (Å²) >= 11 is 5.96. The zero-order chi connectivity index (χ0) is 12.0. The van der Waals surface area contributed by atoms with Crippen LogP contribution in [-0.4, -0.2) is 20.1 Å². The van der Waals surface area contributed by atoms with Crippen molar-refractivity contribution < 1.29 is 14.4 Å². The van der Waals surface area contributed by atoms with Gasteiger partial charge in [-0.3, -0.25) is 9.63 Å². The van der Waals surface area contributed by atoms with E-state index in [2.05, 4.69) is 10.3 Å². The van der Waals surface area contributed by atoms with Crippen molar-refractivity contribution in [1.82, 2.24) is 5.48 Å². The number of nitrogens with one attached hydrogen (secondary N) is 1. The first kappa shape index (κ1) is 12.8. The highest BCUT2D eigenvalue weighted by Gasteiger charge is 2.04. The van der Waals surface area contributed by atoms with Gasteiger partial charge in [0.1, 0.15) is 5.75 Å². The fourth-order valence-corrected chi connectivity index (χ4v) is 1.57. The Morgan fingerprint density at radius 3 is 2.75 bits per heavy atom. The van der Waals surface area contributed by atoms with Crippen molar-refractivity contribution in [3.05, 3.63) is 28.8 Å². The van der Waals surface area contributed by atoms with Gasteiger partial charge in [-0.1, -0.05) is 17.7 Å². The van der Waals surface area contributed by atoms with Gasteiger partial charge in [-0.2, -0.15) is 0 Å². The van der Waals surface area contributed by atoms with Crippen LogP contribution in [0.25, 0.3) is 0 Å². The standard InChI is InChI=1S/C11H14ClNO3/c1-15-10-5-3-8(7-9(10)12)4-6-11(14)13-16-2/h3,5,7H,4,6H2,1-2H3,(H,13,14). The number of carbonyl (C=O) groups excluding carboxylic acids is 1. The van der Waals surface area contributed by atoms with Crippen molar-refractivity contribution in [2.75, 3.05) is 14.2 Å². The van der Waals surface area contributed by atoms with Crippen molar-refractivity contribution in [3.63, 3.8) is 0 Å². The minimum Gasteiger partial charge on any atom is -0.495 e. The fraction of sp³-hybridized carbons (Fsp3) is 0.364. The van der Waals surface area contributed by atoms with E-state index in [1.54, 1.807) is 19.2 Å². The summed E-state index contributed by atoms with van der Waals surface area (Å²) in [6.45, 7) is 0. The Labute approximate surface area is 99.5 Å². The molecule has 1 aromatic rings. The van der Waals surface area contributed by atoms with Crippen LogP contribution in [0.2, 0.25) is 5.02 Å². The second kappa shape index (κ2) is 6.35. The molecule has 16 heavy (non-hydrogen) atoms. The van der Waals surface area contributed by atoms with Gasteiger partial charge in [0.05, 0.1) is 19.2 Å². The largest absolute Gasteiger partial charge is 0.495 e. The SMILES string of the molecule is CONC(=O)CCc1ccc(OC)c(Cl)c1. The maximum absolute atomic E-state index is 11.1. The summed E-state index contributed by atoms with van der Waals surface area (Å²) in [4.78, 5) is 15.6. The summed E-state index contributed by atoms with van der Waals surface area (Å²) in [5.41, 5.74) is 3.24. The van der Waals surface area contributed by atoms with Crippen LogP contribution in [0, 0.1) is 0 Å². The summed E-state index contributed by atoms with van der Waals surface area (Å²) < 4.78 is 5.03. The predicted molar refractivity (Wildman–Crippen MR) is 61.5 cm³/mol. The number of hydrogen-bond acceptors (Lipinski definition) is 3. The molecule has 0 fully saturated rings. The Bertz CT molecular complexity index is 368. The third-order valence-corrected chi connectivity index (χ3v) is 2.37. The van der Waals surface area contributed by atoms with Gasteiger partial charge >= 0.3 is 0 Å². The zero-order valence-corrected chi connectivity index (χ0v) is 10.0. The van der Waals surface area contributed by atoms with Crippen molar-refractivity contribution in [1.29, 1.82) is 0 Å². The predicted octanol–water partition coefficient (Wildman–Crippen LogP) is 1.96. The minimum atomic E-state index is -0.158. The first-order valence-corrected chi connectivity index (χ1v) is 5.19. The molecule has 0 atom stereocenters. The average molecular weight is 244 g/mol. The molecule has 0 spiro atoms. The van der Waals surface area contributed by atoms with Gasteiger partial charge in [-0.05, 0) is 24.1 Å². The molecular weight excluding hydrogens is 230 g/mol. The molecule has 5 heteroatoms. The Hall–Kier alpha value is -1.26. The van der Waals surface area contributed by atoms with Crippen LogP contribution >= 0.6 is 11.6 Å². The lowest BCUT2D eigenvalue weighted by molar-refractivity contribution is -0.131. The molecule has 1 rings (SSSR count). The van der Waals surface area contributed by atoms with Crippen LogP contribution in [0.4, 0.5) is 0 Å². The summed E-state index contributed by atoms with van der Waals surface area (Å²) in [5, 5.41) is 0.548. The van der Waals surface area contributed by atoms with E-state index >= 15 is 0 Å². The fourth-order valence-electron chi connectivity index (χ4n) is 1.29. The molecule has 0 aliphatic heterocycles. The summed E-state index contributed by atoms with van der Waals surface area (Å²) in [5.74, 6) is 0.473. The molecule has 0 heterocycles. The van der Waals surface area contributed by atoms with Gasteiger partial charge in [0, 0.05) is 6.42 Å². The lowest BCUT2D eigenvalue weighted by Gasteiger charge is -2.06. The molecule has 4 nitrogen and oxygen atoms in total. The Kier molecular flexibility index (Phi) is 5.08. The first-order valence-electron chi connectivity index (χ1n) is 4.81. The van der Waals surface area contributed by atoms with Gasteiger partial charge in [0.15, 0.2) is 0 Å². The molecule has 1 aromatic carbocycles. The number of methoxy groups -OCH3 is 1. The molecule has 0 saturated heterocycles. The molecule has 0 aliphatic rings. The summed E-state index contributed by atoms with van der Waals surface area (Å²) in [6, 6.07) is 5.46. The number of halogens is 1. The lowest BCUT2D eigenvalue weighted by Crippen LogP contribution is -2.21. The zero-order valence-electron chi connectivity index (χ0n) is 9.25. The van der Waals surface area contributed by atoms with Crippen LogP contribution in [0.1, 0.15) is 12.0 Å². The highest BCUT2D eigenvalue weighted by atomic mass is 35.5. The Morgan fingerprint density at radius 2 is 2.19 bits per heavy atom. The van der Waals surface area contributed by atoms with Gasteiger partial charge in [-0.25, -0.2) is 5.48 Å². The molecule has 0 radical (unpaired) electrons.